The van der Waals surface area contributed by atoms with Crippen molar-refractivity contribution in [3.8, 4) is 11.5 Å². The molecule has 0 aromatic heterocycles. The van der Waals surface area contributed by atoms with Crippen LogP contribution in [0.5, 0.6) is 11.5 Å². The summed E-state index contributed by atoms with van der Waals surface area (Å²) in [6, 6.07) is 5.94. The molecule has 1 unspecified atom stereocenters. The zero-order chi connectivity index (χ0) is 15.5. The van der Waals surface area contributed by atoms with Crippen molar-refractivity contribution in [2.24, 2.45) is 5.84 Å². The molecule has 5 heteroatoms. The Morgan fingerprint density at radius 1 is 1.19 bits per heavy atom. The van der Waals surface area contributed by atoms with Crippen LogP contribution in [-0.2, 0) is 0 Å². The Morgan fingerprint density at radius 3 is 2.33 bits per heavy atom. The molecule has 1 saturated carbocycles. The van der Waals surface area contributed by atoms with Gasteiger partial charge in [-0.2, -0.15) is 0 Å². The molecule has 1 atom stereocenters. The van der Waals surface area contributed by atoms with Gasteiger partial charge in [-0.15, -0.1) is 0 Å². The maximum absolute atomic E-state index is 5.94. The molecule has 2 rings (SSSR count). The maximum Gasteiger partial charge on any atom is 0.127 e. The van der Waals surface area contributed by atoms with Gasteiger partial charge in [0.15, 0.2) is 0 Å². The van der Waals surface area contributed by atoms with Crippen molar-refractivity contribution >= 4 is 0 Å². The summed E-state index contributed by atoms with van der Waals surface area (Å²) in [5.74, 6) is 7.54. The number of hydrazine groups is 1. The first-order chi connectivity index (χ1) is 10.1. The summed E-state index contributed by atoms with van der Waals surface area (Å²) in [4.78, 5) is 2.30. The number of nitrogens with zero attached hydrogens (tertiary/aromatic N) is 1. The lowest BCUT2D eigenvalue weighted by Gasteiger charge is -2.43. The molecule has 3 N–H and O–H groups in total. The molecule has 0 amide bonds. The lowest BCUT2D eigenvalue weighted by molar-refractivity contribution is 0.103. The van der Waals surface area contributed by atoms with E-state index in [0.29, 0.717) is 0 Å². The van der Waals surface area contributed by atoms with E-state index in [4.69, 9.17) is 15.3 Å². The molecule has 1 aromatic carbocycles. The molecule has 1 fully saturated rings. The predicted octanol–water partition coefficient (Wildman–Crippen LogP) is 2.08. The molecular weight excluding hydrogens is 266 g/mol. The molecule has 0 aliphatic heterocycles. The number of hydrogen-bond acceptors (Lipinski definition) is 5. The summed E-state index contributed by atoms with van der Waals surface area (Å²) in [7, 11) is 7.60. The summed E-state index contributed by atoms with van der Waals surface area (Å²) in [6.45, 7) is 0. The number of nitrogens with two attached hydrogens (primary N) is 1. The zero-order valence-corrected chi connectivity index (χ0v) is 13.5. The molecule has 0 heterocycles. The topological polar surface area (TPSA) is 59.8 Å². The van der Waals surface area contributed by atoms with Crippen LogP contribution in [0.3, 0.4) is 0 Å². The van der Waals surface area contributed by atoms with Gasteiger partial charge in [-0.25, -0.2) is 0 Å². The van der Waals surface area contributed by atoms with Crippen LogP contribution in [0.1, 0.15) is 37.3 Å². The highest BCUT2D eigenvalue weighted by molar-refractivity contribution is 5.44. The van der Waals surface area contributed by atoms with Crippen molar-refractivity contribution < 1.29 is 9.47 Å². The molecule has 118 valence electrons. The third-order valence-corrected chi connectivity index (χ3v) is 4.82. The van der Waals surface area contributed by atoms with Crippen LogP contribution in [0.4, 0.5) is 0 Å². The van der Waals surface area contributed by atoms with E-state index in [9.17, 15) is 0 Å². The van der Waals surface area contributed by atoms with Gasteiger partial charge in [0.05, 0.1) is 20.3 Å². The average molecular weight is 293 g/mol. The molecule has 0 saturated heterocycles. The van der Waals surface area contributed by atoms with Gasteiger partial charge in [0, 0.05) is 17.2 Å². The van der Waals surface area contributed by atoms with Gasteiger partial charge in [0.2, 0.25) is 0 Å². The minimum Gasteiger partial charge on any atom is -0.497 e. The van der Waals surface area contributed by atoms with E-state index in [1.165, 1.54) is 12.8 Å². The Balaban J connectivity index is 2.45. The van der Waals surface area contributed by atoms with Gasteiger partial charge in [0.1, 0.15) is 11.5 Å². The number of nitrogens with one attached hydrogen (secondary N) is 1. The van der Waals surface area contributed by atoms with E-state index in [0.717, 1.165) is 29.9 Å². The fourth-order valence-corrected chi connectivity index (χ4v) is 3.57. The largest absolute Gasteiger partial charge is 0.497 e. The highest BCUT2D eigenvalue weighted by atomic mass is 16.5. The van der Waals surface area contributed by atoms with Crippen molar-refractivity contribution in [2.45, 2.75) is 37.3 Å². The fraction of sp³-hybridized carbons (Fsp3) is 0.625. The first-order valence-electron chi connectivity index (χ1n) is 7.44. The second-order valence-corrected chi connectivity index (χ2v) is 5.91. The first kappa shape index (κ1) is 16.1. The minimum atomic E-state index is 0.0239. The Morgan fingerprint density at radius 2 is 1.86 bits per heavy atom. The molecule has 5 nitrogen and oxygen atoms in total. The molecule has 0 radical (unpaired) electrons. The standard InChI is InChI=1S/C16H27N3O2/c1-19(2)16(9-5-6-10-16)15(18-17)13-8-7-12(20-3)11-14(13)21-4/h7-8,11,15,18H,5-6,9-10,17H2,1-4H3. The van der Waals surface area contributed by atoms with E-state index in [2.05, 4.69) is 24.4 Å². The van der Waals surface area contributed by atoms with E-state index in [-0.39, 0.29) is 11.6 Å². The SMILES string of the molecule is COc1ccc(C(NN)C2(N(C)C)CCCC2)c(OC)c1. The monoisotopic (exact) mass is 293 g/mol. The van der Waals surface area contributed by atoms with Crippen LogP contribution in [0.25, 0.3) is 0 Å². The van der Waals surface area contributed by atoms with E-state index in [1.807, 2.05) is 18.2 Å². The van der Waals surface area contributed by atoms with Gasteiger partial charge >= 0.3 is 0 Å². The highest BCUT2D eigenvalue weighted by Gasteiger charge is 2.44. The molecule has 0 spiro atoms. The number of hydrogen-bond donors (Lipinski definition) is 2. The predicted molar refractivity (Wildman–Crippen MR) is 84.5 cm³/mol. The lowest BCUT2D eigenvalue weighted by atomic mass is 9.82. The van der Waals surface area contributed by atoms with Gasteiger partial charge in [-0.1, -0.05) is 12.8 Å². The molecule has 1 aliphatic carbocycles. The smallest absolute Gasteiger partial charge is 0.127 e. The lowest BCUT2D eigenvalue weighted by Crippen LogP contribution is -2.53. The molecule has 1 aliphatic rings. The summed E-state index contributed by atoms with van der Waals surface area (Å²) in [6.07, 6.45) is 4.72. The quantitative estimate of drug-likeness (QED) is 0.621. The number of rotatable bonds is 6. The Bertz CT molecular complexity index is 471. The first-order valence-corrected chi connectivity index (χ1v) is 7.44. The van der Waals surface area contributed by atoms with Crippen LogP contribution in [0, 0.1) is 0 Å². The number of likely N-dealkylation sites (N-methyl/N-ethyl adjacent to an activating group) is 1. The molecule has 0 bridgehead atoms. The molecule has 21 heavy (non-hydrogen) atoms. The Kier molecular flexibility index (Phi) is 5.08. The summed E-state index contributed by atoms with van der Waals surface area (Å²) in [5, 5.41) is 0. The van der Waals surface area contributed by atoms with E-state index in [1.54, 1.807) is 14.2 Å². The van der Waals surface area contributed by atoms with E-state index >= 15 is 0 Å². The number of methoxy groups -OCH3 is 2. The average Bonchev–Trinajstić information content (AvgIpc) is 2.99. The van der Waals surface area contributed by atoms with Crippen molar-refractivity contribution in [3.63, 3.8) is 0 Å². The van der Waals surface area contributed by atoms with Crippen LogP contribution in [-0.4, -0.2) is 38.8 Å². The normalized spacial score (nSPS) is 18.8. The van der Waals surface area contributed by atoms with Crippen LogP contribution in [0.15, 0.2) is 18.2 Å². The van der Waals surface area contributed by atoms with Crippen molar-refractivity contribution in [3.05, 3.63) is 23.8 Å². The van der Waals surface area contributed by atoms with Crippen molar-refractivity contribution in [1.29, 1.82) is 0 Å². The molecule has 1 aromatic rings. The number of ether oxygens (including phenoxy) is 2. The summed E-state index contributed by atoms with van der Waals surface area (Å²) >= 11 is 0. The van der Waals surface area contributed by atoms with Gasteiger partial charge < -0.3 is 14.4 Å². The van der Waals surface area contributed by atoms with Crippen LogP contribution < -0.4 is 20.7 Å². The third kappa shape index (κ3) is 2.86. The van der Waals surface area contributed by atoms with Crippen LogP contribution in [0.2, 0.25) is 0 Å². The van der Waals surface area contributed by atoms with Crippen molar-refractivity contribution in [1.82, 2.24) is 10.3 Å². The third-order valence-electron chi connectivity index (χ3n) is 4.82. The molecular formula is C16H27N3O2. The maximum atomic E-state index is 5.94. The Hall–Kier alpha value is -1.30. The zero-order valence-electron chi connectivity index (χ0n) is 13.5. The number of benzene rings is 1. The fourth-order valence-electron chi connectivity index (χ4n) is 3.57. The highest BCUT2D eigenvalue weighted by Crippen LogP contribution is 2.45. The van der Waals surface area contributed by atoms with Gasteiger partial charge in [-0.05, 0) is 39.1 Å². The van der Waals surface area contributed by atoms with Crippen molar-refractivity contribution in [2.75, 3.05) is 28.3 Å². The van der Waals surface area contributed by atoms with Gasteiger partial charge in [-0.3, -0.25) is 11.3 Å². The summed E-state index contributed by atoms with van der Waals surface area (Å²) in [5.41, 5.74) is 4.14. The summed E-state index contributed by atoms with van der Waals surface area (Å²) < 4.78 is 10.8. The van der Waals surface area contributed by atoms with Crippen LogP contribution >= 0.6 is 0 Å². The Labute approximate surface area is 127 Å². The second kappa shape index (κ2) is 6.64. The van der Waals surface area contributed by atoms with E-state index < -0.39 is 0 Å². The van der Waals surface area contributed by atoms with Gasteiger partial charge in [0.25, 0.3) is 0 Å². The minimum absolute atomic E-state index is 0.0239. The second-order valence-electron chi connectivity index (χ2n) is 5.91.